The number of alkyl halides is 6. The van der Waals surface area contributed by atoms with Gasteiger partial charge in [0.2, 0.25) is 19.4 Å². The van der Waals surface area contributed by atoms with Crippen LogP contribution in [0.25, 0.3) is 0 Å². The Hall–Kier alpha value is 0.220. The molecule has 0 saturated heterocycles. The number of carbonyl (C=O) groups is 1. The summed E-state index contributed by atoms with van der Waals surface area (Å²) in [6.45, 7) is 1.24. The Balaban J connectivity index is 3.34. The van der Waals surface area contributed by atoms with Crippen molar-refractivity contribution in [2.75, 3.05) is 5.32 Å². The number of halogens is 6. The Morgan fingerprint density at radius 2 is 1.33 bits per heavy atom. The zero-order valence-electron chi connectivity index (χ0n) is 8.52. The first-order valence-corrected chi connectivity index (χ1v) is 6.45. The zero-order chi connectivity index (χ0) is 14.1. The van der Waals surface area contributed by atoms with Crippen LogP contribution < -0.4 is 5.32 Å². The van der Waals surface area contributed by atoms with E-state index in [-0.39, 0.29) is 17.6 Å². The molecule has 1 aromatic heterocycles. The molecule has 5 nitrogen and oxygen atoms in total. The number of hydrogen-bond acceptors (Lipinski definition) is 4. The first-order valence-electron chi connectivity index (χ1n) is 4.18. The van der Waals surface area contributed by atoms with Crippen molar-refractivity contribution in [3.8, 4) is 0 Å². The van der Waals surface area contributed by atoms with E-state index in [1.807, 2.05) is 0 Å². The van der Waals surface area contributed by atoms with Gasteiger partial charge in [0.25, 0.3) is 0 Å². The Labute approximate surface area is 132 Å². The van der Waals surface area contributed by atoms with E-state index in [9.17, 15) is 4.79 Å². The fraction of sp³-hybridized carbons (Fsp3) is 0.429. The number of nitrogens with one attached hydrogen (secondary N) is 1. The lowest BCUT2D eigenvalue weighted by Gasteiger charge is -2.15. The van der Waals surface area contributed by atoms with E-state index in [2.05, 4.69) is 20.3 Å². The van der Waals surface area contributed by atoms with Gasteiger partial charge < -0.3 is 0 Å². The van der Waals surface area contributed by atoms with Crippen LogP contribution in [-0.4, -0.2) is 20.9 Å². The molecular weight excluding hydrogens is 369 g/mol. The summed E-state index contributed by atoms with van der Waals surface area (Å²) in [6, 6.07) is 0. The lowest BCUT2D eigenvalue weighted by Crippen LogP contribution is -2.19. The second-order valence-electron chi connectivity index (χ2n) is 2.98. The van der Waals surface area contributed by atoms with E-state index >= 15 is 0 Å². The molecule has 1 amide bonds. The van der Waals surface area contributed by atoms with Gasteiger partial charge in [0.05, 0.1) is 0 Å². The van der Waals surface area contributed by atoms with Gasteiger partial charge in [-0.05, 0) is 0 Å². The van der Waals surface area contributed by atoms with Crippen LogP contribution in [0, 0.1) is 0 Å². The van der Waals surface area contributed by atoms with Crippen molar-refractivity contribution in [1.29, 1.82) is 0 Å². The first kappa shape index (κ1) is 16.3. The fourth-order valence-electron chi connectivity index (χ4n) is 0.843. The van der Waals surface area contributed by atoms with Gasteiger partial charge in [0.15, 0.2) is 11.6 Å². The average Bonchev–Trinajstić information content (AvgIpc) is 2.13. The maximum atomic E-state index is 10.9. The standard InChI is InChI=1S/C7H4Cl6N4O/c1-2(18)14-5-16-3(6(8,9)10)15-4(17-5)7(11,12)13/h1H3,(H,14,15,16,17,18). The van der Waals surface area contributed by atoms with Gasteiger partial charge in [0, 0.05) is 6.92 Å². The molecular formula is C7H4Cl6N4O. The smallest absolute Gasteiger partial charge is 0.250 e. The summed E-state index contributed by atoms with van der Waals surface area (Å²) >= 11 is 33.8. The van der Waals surface area contributed by atoms with Crippen LogP contribution in [0.2, 0.25) is 0 Å². The summed E-state index contributed by atoms with van der Waals surface area (Å²) in [5, 5.41) is 2.28. The Morgan fingerprint density at radius 3 is 1.61 bits per heavy atom. The fourth-order valence-corrected chi connectivity index (χ4v) is 1.35. The Morgan fingerprint density at radius 1 is 0.944 bits per heavy atom. The molecule has 0 bridgehead atoms. The summed E-state index contributed by atoms with van der Waals surface area (Å²) in [4.78, 5) is 22.1. The molecule has 1 heterocycles. The molecule has 100 valence electrons. The quantitative estimate of drug-likeness (QED) is 0.766. The lowest BCUT2D eigenvalue weighted by molar-refractivity contribution is -0.114. The highest BCUT2D eigenvalue weighted by Gasteiger charge is 2.33. The summed E-state index contributed by atoms with van der Waals surface area (Å²) in [7, 11) is 0. The molecule has 0 aliphatic carbocycles. The van der Waals surface area contributed by atoms with Crippen LogP contribution in [-0.2, 0) is 12.4 Å². The molecule has 1 rings (SSSR count). The van der Waals surface area contributed by atoms with E-state index in [1.54, 1.807) is 0 Å². The van der Waals surface area contributed by atoms with Crippen molar-refractivity contribution < 1.29 is 4.79 Å². The predicted octanol–water partition coefficient (Wildman–Crippen LogP) is 3.48. The molecule has 0 aromatic carbocycles. The van der Waals surface area contributed by atoms with Gasteiger partial charge in [-0.1, -0.05) is 69.6 Å². The number of amides is 1. The molecule has 1 aromatic rings. The third kappa shape index (κ3) is 4.72. The lowest BCUT2D eigenvalue weighted by atomic mass is 10.6. The molecule has 0 aliphatic heterocycles. The van der Waals surface area contributed by atoms with E-state index < -0.39 is 13.5 Å². The van der Waals surface area contributed by atoms with Gasteiger partial charge in [-0.3, -0.25) is 10.1 Å². The molecule has 0 atom stereocenters. The minimum atomic E-state index is -1.94. The number of hydrogen-bond donors (Lipinski definition) is 1. The van der Waals surface area contributed by atoms with Crippen molar-refractivity contribution in [3.63, 3.8) is 0 Å². The normalized spacial score (nSPS) is 12.4. The van der Waals surface area contributed by atoms with Crippen LogP contribution in [0.5, 0.6) is 0 Å². The first-order chi connectivity index (χ1) is 8.00. The van der Waals surface area contributed by atoms with E-state index in [0.29, 0.717) is 0 Å². The minimum absolute atomic E-state index is 0.180. The summed E-state index contributed by atoms with van der Waals surface area (Å²) in [5.74, 6) is -1.16. The van der Waals surface area contributed by atoms with Gasteiger partial charge in [-0.25, -0.2) is 4.98 Å². The Kier molecular flexibility index (Phi) is 5.14. The van der Waals surface area contributed by atoms with E-state index in [1.165, 1.54) is 6.92 Å². The summed E-state index contributed by atoms with van der Waals surface area (Å²) < 4.78 is -3.89. The molecule has 11 heteroatoms. The van der Waals surface area contributed by atoms with Crippen LogP contribution >= 0.6 is 69.6 Å². The van der Waals surface area contributed by atoms with Crippen molar-refractivity contribution >= 4 is 81.5 Å². The number of aromatic nitrogens is 3. The zero-order valence-corrected chi connectivity index (χ0v) is 13.1. The molecule has 0 saturated carbocycles. The van der Waals surface area contributed by atoms with E-state index in [0.717, 1.165) is 0 Å². The van der Waals surface area contributed by atoms with Crippen LogP contribution in [0.15, 0.2) is 0 Å². The number of carbonyl (C=O) groups excluding carboxylic acids is 1. The molecule has 18 heavy (non-hydrogen) atoms. The molecule has 0 unspecified atom stereocenters. The molecule has 0 fully saturated rings. The van der Waals surface area contributed by atoms with Crippen molar-refractivity contribution in [3.05, 3.63) is 11.6 Å². The van der Waals surface area contributed by atoms with Crippen molar-refractivity contribution in [2.24, 2.45) is 0 Å². The highest BCUT2D eigenvalue weighted by molar-refractivity contribution is 6.67. The van der Waals surface area contributed by atoms with Gasteiger partial charge in [-0.15, -0.1) is 0 Å². The number of nitrogens with zero attached hydrogens (tertiary/aromatic N) is 3. The summed E-state index contributed by atoms with van der Waals surface area (Å²) in [5.41, 5.74) is 0. The monoisotopic (exact) mass is 370 g/mol. The van der Waals surface area contributed by atoms with Gasteiger partial charge in [-0.2, -0.15) is 9.97 Å². The van der Waals surface area contributed by atoms with Crippen LogP contribution in [0.1, 0.15) is 18.6 Å². The van der Waals surface area contributed by atoms with Crippen LogP contribution in [0.4, 0.5) is 5.95 Å². The minimum Gasteiger partial charge on any atom is -0.295 e. The average molecular weight is 373 g/mol. The molecule has 0 spiro atoms. The highest BCUT2D eigenvalue weighted by atomic mass is 35.6. The van der Waals surface area contributed by atoms with Gasteiger partial charge in [0.1, 0.15) is 0 Å². The maximum Gasteiger partial charge on any atom is 0.250 e. The highest BCUT2D eigenvalue weighted by Crippen LogP contribution is 2.40. The van der Waals surface area contributed by atoms with E-state index in [4.69, 9.17) is 69.6 Å². The Bertz CT molecular complexity index is 436. The van der Waals surface area contributed by atoms with Crippen molar-refractivity contribution in [1.82, 2.24) is 15.0 Å². The third-order valence-electron chi connectivity index (χ3n) is 1.43. The van der Waals surface area contributed by atoms with Crippen molar-refractivity contribution in [2.45, 2.75) is 14.5 Å². The second kappa shape index (κ2) is 5.69. The molecule has 0 aliphatic rings. The molecule has 1 N–H and O–H groups in total. The second-order valence-corrected chi connectivity index (χ2v) is 7.55. The predicted molar refractivity (Wildman–Crippen MR) is 72.6 cm³/mol. The largest absolute Gasteiger partial charge is 0.295 e. The SMILES string of the molecule is CC(=O)Nc1nc(C(Cl)(Cl)Cl)nc(C(Cl)(Cl)Cl)n1. The van der Waals surface area contributed by atoms with Gasteiger partial charge >= 0.3 is 0 Å². The maximum absolute atomic E-state index is 10.9. The molecule has 0 radical (unpaired) electrons. The number of rotatable bonds is 1. The van der Waals surface area contributed by atoms with Crippen LogP contribution in [0.3, 0.4) is 0 Å². The third-order valence-corrected chi connectivity index (χ3v) is 2.44. The number of anilines is 1. The summed E-state index contributed by atoms with van der Waals surface area (Å²) in [6.07, 6.45) is 0. The topological polar surface area (TPSA) is 67.8 Å².